The van der Waals surface area contributed by atoms with Gasteiger partial charge >= 0.3 is 0 Å². The minimum atomic E-state index is -0.170. The predicted octanol–water partition coefficient (Wildman–Crippen LogP) is 3.43. The number of ether oxygens (including phenoxy) is 2. The third-order valence-corrected chi connectivity index (χ3v) is 4.71. The number of carbonyl (C=O) groups excluding carboxylic acids is 2. The number of benzene rings is 2. The van der Waals surface area contributed by atoms with Gasteiger partial charge in [-0.25, -0.2) is 0 Å². The van der Waals surface area contributed by atoms with Crippen LogP contribution in [0.3, 0.4) is 0 Å². The number of rotatable bonds is 10. The van der Waals surface area contributed by atoms with Crippen molar-refractivity contribution in [3.8, 4) is 5.75 Å². The van der Waals surface area contributed by atoms with E-state index in [9.17, 15) is 9.59 Å². The summed E-state index contributed by atoms with van der Waals surface area (Å²) < 4.78 is 11.3. The highest BCUT2D eigenvalue weighted by molar-refractivity contribution is 5.95. The predicted molar refractivity (Wildman–Crippen MR) is 117 cm³/mol. The lowest BCUT2D eigenvalue weighted by molar-refractivity contribution is -0.114. The van der Waals surface area contributed by atoms with Crippen molar-refractivity contribution in [2.24, 2.45) is 0 Å². The van der Waals surface area contributed by atoms with Gasteiger partial charge in [0.2, 0.25) is 5.91 Å². The average molecular weight is 412 g/mol. The molecule has 7 nitrogen and oxygen atoms in total. The Labute approximate surface area is 177 Å². The van der Waals surface area contributed by atoms with Crippen LogP contribution in [-0.4, -0.2) is 44.2 Å². The smallest absolute Gasteiger partial charge is 0.251 e. The molecule has 1 heterocycles. The molecule has 2 aromatic carbocycles. The lowest BCUT2D eigenvalue weighted by Crippen LogP contribution is -2.24. The molecule has 0 aliphatic carbocycles. The zero-order valence-electron chi connectivity index (χ0n) is 17.3. The molecule has 7 heteroatoms. The summed E-state index contributed by atoms with van der Waals surface area (Å²) in [6.45, 7) is 4.09. The number of amides is 2. The highest BCUT2D eigenvalue weighted by Crippen LogP contribution is 2.19. The van der Waals surface area contributed by atoms with Crippen LogP contribution in [0.25, 0.3) is 0 Å². The van der Waals surface area contributed by atoms with Crippen molar-refractivity contribution in [1.82, 2.24) is 5.32 Å². The molecule has 0 aromatic heterocycles. The first-order valence-electron chi connectivity index (χ1n) is 10.4. The van der Waals surface area contributed by atoms with Crippen LogP contribution in [0.2, 0.25) is 0 Å². The van der Waals surface area contributed by atoms with E-state index in [2.05, 4.69) is 16.0 Å². The van der Waals surface area contributed by atoms with Crippen molar-refractivity contribution in [2.75, 3.05) is 36.9 Å². The van der Waals surface area contributed by atoms with Crippen LogP contribution in [0, 0.1) is 0 Å². The average Bonchev–Trinajstić information content (AvgIpc) is 3.29. The second-order valence-corrected chi connectivity index (χ2v) is 7.21. The Morgan fingerprint density at radius 2 is 1.97 bits per heavy atom. The second kappa shape index (κ2) is 11.2. The Balaban J connectivity index is 1.44. The monoisotopic (exact) mass is 411 g/mol. The fraction of sp³-hybridized carbons (Fsp3) is 0.391. The molecule has 2 amide bonds. The molecule has 1 saturated heterocycles. The maximum absolute atomic E-state index is 12.3. The lowest BCUT2D eigenvalue weighted by atomic mass is 10.2. The Bertz CT molecular complexity index is 833. The van der Waals surface area contributed by atoms with Crippen molar-refractivity contribution in [3.63, 3.8) is 0 Å². The third-order valence-electron chi connectivity index (χ3n) is 4.71. The van der Waals surface area contributed by atoms with Crippen LogP contribution in [0.1, 0.15) is 36.5 Å². The molecular formula is C23H29N3O4. The maximum Gasteiger partial charge on any atom is 0.251 e. The Morgan fingerprint density at radius 3 is 2.70 bits per heavy atom. The van der Waals surface area contributed by atoms with E-state index in [4.69, 9.17) is 9.47 Å². The number of hydrogen-bond acceptors (Lipinski definition) is 5. The van der Waals surface area contributed by atoms with E-state index in [-0.39, 0.29) is 24.5 Å². The van der Waals surface area contributed by atoms with Crippen molar-refractivity contribution < 1.29 is 19.1 Å². The normalized spacial score (nSPS) is 15.4. The molecule has 1 aliphatic rings. The van der Waals surface area contributed by atoms with Gasteiger partial charge < -0.3 is 25.4 Å². The minimum absolute atomic E-state index is 0.0947. The van der Waals surface area contributed by atoms with Gasteiger partial charge in [-0.3, -0.25) is 9.59 Å². The molecule has 2 aromatic rings. The quantitative estimate of drug-likeness (QED) is 0.557. The summed E-state index contributed by atoms with van der Waals surface area (Å²) in [6, 6.07) is 14.4. The highest BCUT2D eigenvalue weighted by atomic mass is 16.5. The first-order chi connectivity index (χ1) is 14.6. The van der Waals surface area contributed by atoms with Gasteiger partial charge in [-0.2, -0.15) is 0 Å². The standard InChI is InChI=1S/C23H29N3O4/c1-2-12-24-23(28)17-8-10-18(11-9-17)25-15-22(27)26-19-5-3-6-20(14-19)30-16-21-7-4-13-29-21/h3,5-6,8-11,14,21,25H,2,4,7,12-13,15-16H2,1H3,(H,24,28)(H,26,27). The fourth-order valence-electron chi connectivity index (χ4n) is 3.10. The number of hydrogen-bond donors (Lipinski definition) is 3. The van der Waals surface area contributed by atoms with Crippen molar-refractivity contribution in [2.45, 2.75) is 32.3 Å². The molecule has 3 N–H and O–H groups in total. The van der Waals surface area contributed by atoms with Gasteiger partial charge in [0.15, 0.2) is 0 Å². The highest BCUT2D eigenvalue weighted by Gasteiger charge is 2.16. The third kappa shape index (κ3) is 6.77. The van der Waals surface area contributed by atoms with E-state index in [1.807, 2.05) is 25.1 Å². The van der Waals surface area contributed by atoms with E-state index >= 15 is 0 Å². The Hall–Kier alpha value is -3.06. The molecule has 1 aliphatic heterocycles. The van der Waals surface area contributed by atoms with Crippen LogP contribution in [0.5, 0.6) is 5.75 Å². The molecule has 3 rings (SSSR count). The zero-order chi connectivity index (χ0) is 21.2. The maximum atomic E-state index is 12.3. The number of nitrogens with one attached hydrogen (secondary N) is 3. The summed E-state index contributed by atoms with van der Waals surface area (Å²) in [5.74, 6) is 0.437. The molecule has 0 bridgehead atoms. The summed E-state index contributed by atoms with van der Waals surface area (Å²) in [6.07, 6.45) is 3.14. The van der Waals surface area contributed by atoms with Gasteiger partial charge in [0.1, 0.15) is 12.4 Å². The van der Waals surface area contributed by atoms with Gasteiger partial charge in [-0.1, -0.05) is 13.0 Å². The molecule has 1 atom stereocenters. The Kier molecular flexibility index (Phi) is 8.09. The number of carbonyl (C=O) groups is 2. The number of anilines is 2. The van der Waals surface area contributed by atoms with Crippen LogP contribution < -0.4 is 20.7 Å². The van der Waals surface area contributed by atoms with E-state index < -0.39 is 0 Å². The largest absolute Gasteiger partial charge is 0.491 e. The van der Waals surface area contributed by atoms with Gasteiger partial charge in [0.25, 0.3) is 5.91 Å². The summed E-state index contributed by atoms with van der Waals surface area (Å²) >= 11 is 0. The lowest BCUT2D eigenvalue weighted by Gasteiger charge is -2.13. The molecule has 1 fully saturated rings. The van der Waals surface area contributed by atoms with Gasteiger partial charge in [-0.15, -0.1) is 0 Å². The second-order valence-electron chi connectivity index (χ2n) is 7.21. The molecular weight excluding hydrogens is 382 g/mol. The van der Waals surface area contributed by atoms with E-state index in [0.29, 0.717) is 30.2 Å². The summed E-state index contributed by atoms with van der Waals surface area (Å²) in [5.41, 5.74) is 2.04. The van der Waals surface area contributed by atoms with E-state index in [1.165, 1.54) is 0 Å². The molecule has 0 spiro atoms. The minimum Gasteiger partial charge on any atom is -0.491 e. The molecule has 0 radical (unpaired) electrons. The first-order valence-corrected chi connectivity index (χ1v) is 10.4. The van der Waals surface area contributed by atoms with Crippen LogP contribution in [0.15, 0.2) is 48.5 Å². The van der Waals surface area contributed by atoms with E-state index in [1.54, 1.807) is 30.3 Å². The van der Waals surface area contributed by atoms with Crippen molar-refractivity contribution in [1.29, 1.82) is 0 Å². The fourth-order valence-corrected chi connectivity index (χ4v) is 3.10. The summed E-state index contributed by atoms with van der Waals surface area (Å²) in [7, 11) is 0. The van der Waals surface area contributed by atoms with Gasteiger partial charge in [-0.05, 0) is 55.7 Å². The van der Waals surface area contributed by atoms with Gasteiger partial charge in [0.05, 0.1) is 12.6 Å². The van der Waals surface area contributed by atoms with Crippen LogP contribution in [0.4, 0.5) is 11.4 Å². The summed E-state index contributed by atoms with van der Waals surface area (Å²) in [4.78, 5) is 24.2. The summed E-state index contributed by atoms with van der Waals surface area (Å²) in [5, 5.41) is 8.75. The molecule has 1 unspecified atom stereocenters. The molecule has 30 heavy (non-hydrogen) atoms. The topological polar surface area (TPSA) is 88.7 Å². The molecule has 0 saturated carbocycles. The zero-order valence-corrected chi connectivity index (χ0v) is 17.3. The van der Waals surface area contributed by atoms with E-state index in [0.717, 1.165) is 31.6 Å². The molecule has 160 valence electrons. The van der Waals surface area contributed by atoms with Crippen molar-refractivity contribution >= 4 is 23.2 Å². The van der Waals surface area contributed by atoms with Gasteiger partial charge in [0, 0.05) is 36.2 Å². The van der Waals surface area contributed by atoms with Crippen LogP contribution in [-0.2, 0) is 9.53 Å². The van der Waals surface area contributed by atoms with Crippen molar-refractivity contribution in [3.05, 3.63) is 54.1 Å². The Morgan fingerprint density at radius 1 is 1.13 bits per heavy atom. The van der Waals surface area contributed by atoms with Crippen LogP contribution >= 0.6 is 0 Å². The first kappa shape index (κ1) is 21.6. The SMILES string of the molecule is CCCNC(=O)c1ccc(NCC(=O)Nc2cccc(OCC3CCCO3)c2)cc1.